The van der Waals surface area contributed by atoms with E-state index in [1.54, 1.807) is 6.33 Å². The number of hydrogen-bond acceptors (Lipinski definition) is 5. The predicted molar refractivity (Wildman–Crippen MR) is 94.2 cm³/mol. The molecule has 1 aliphatic rings. The van der Waals surface area contributed by atoms with Gasteiger partial charge in [0.1, 0.15) is 12.2 Å². The summed E-state index contributed by atoms with van der Waals surface area (Å²) >= 11 is 4.27. The number of likely N-dealkylation sites (N-methyl/N-ethyl adjacent to an activating group) is 1. The first-order chi connectivity index (χ1) is 10.2. The van der Waals surface area contributed by atoms with Crippen LogP contribution in [0.25, 0.3) is 0 Å². The van der Waals surface area contributed by atoms with Crippen molar-refractivity contribution in [3.63, 3.8) is 0 Å². The Kier molecular flexibility index (Phi) is 6.89. The first kappa shape index (κ1) is 17.2. The molecule has 0 spiro atoms. The lowest BCUT2D eigenvalue weighted by Crippen LogP contribution is -2.45. The Labute approximate surface area is 137 Å². The first-order valence-electron chi connectivity index (χ1n) is 7.92. The molecule has 2 rings (SSSR count). The van der Waals surface area contributed by atoms with E-state index in [1.807, 2.05) is 0 Å². The van der Waals surface area contributed by atoms with Crippen LogP contribution in [0.15, 0.2) is 6.33 Å². The van der Waals surface area contributed by atoms with E-state index < -0.39 is 0 Å². The lowest BCUT2D eigenvalue weighted by atomic mass is 10.0. The first-order valence-corrected chi connectivity index (χ1v) is 10.0. The van der Waals surface area contributed by atoms with Crippen molar-refractivity contribution in [2.45, 2.75) is 56.7 Å². The van der Waals surface area contributed by atoms with Gasteiger partial charge in [-0.15, -0.1) is 0 Å². The Morgan fingerprint density at radius 1 is 1.38 bits per heavy atom. The minimum atomic E-state index is 0.475. The van der Waals surface area contributed by atoms with Crippen molar-refractivity contribution in [1.82, 2.24) is 20.1 Å². The molecule has 3 atom stereocenters. The molecule has 0 amide bonds. The van der Waals surface area contributed by atoms with Crippen LogP contribution in [0.2, 0.25) is 0 Å². The van der Waals surface area contributed by atoms with Gasteiger partial charge in [0.2, 0.25) is 0 Å². The van der Waals surface area contributed by atoms with Crippen molar-refractivity contribution in [2.24, 2.45) is 5.92 Å². The Bertz CT molecular complexity index is 422. The van der Waals surface area contributed by atoms with Gasteiger partial charge in [0, 0.05) is 41.0 Å². The molecule has 1 aliphatic heterocycles. The maximum absolute atomic E-state index is 4.50. The highest BCUT2D eigenvalue weighted by molar-refractivity contribution is 8.07. The number of hydrogen-bond donors (Lipinski definition) is 1. The van der Waals surface area contributed by atoms with Gasteiger partial charge in [-0.2, -0.15) is 28.6 Å². The number of aromatic nitrogens is 3. The quantitative estimate of drug-likeness (QED) is 0.833. The van der Waals surface area contributed by atoms with Crippen LogP contribution in [0.3, 0.4) is 0 Å². The van der Waals surface area contributed by atoms with E-state index in [0.717, 1.165) is 24.0 Å². The third-order valence-corrected chi connectivity index (χ3v) is 7.31. The summed E-state index contributed by atoms with van der Waals surface area (Å²) in [5, 5.41) is 9.36. The normalized spacial score (nSPS) is 24.4. The van der Waals surface area contributed by atoms with Crippen molar-refractivity contribution in [2.75, 3.05) is 18.6 Å². The molecule has 120 valence electrons. The Morgan fingerprint density at radius 3 is 2.81 bits per heavy atom. The molecule has 3 unspecified atom stereocenters. The summed E-state index contributed by atoms with van der Waals surface area (Å²) in [6, 6.07) is 0.475. The van der Waals surface area contributed by atoms with Gasteiger partial charge in [0.05, 0.1) is 0 Å². The molecule has 1 N–H and O–H groups in total. The molecule has 0 bridgehead atoms. The SMILES string of the molecule is CCC1SCCSC1C(Cc1ncnn1CC(C)C)NC. The zero-order valence-electron chi connectivity index (χ0n) is 13.6. The molecular formula is C15H28N4S2. The fourth-order valence-electron chi connectivity index (χ4n) is 2.84. The number of thioether (sulfide) groups is 2. The topological polar surface area (TPSA) is 42.7 Å². The highest BCUT2D eigenvalue weighted by Gasteiger charge is 2.32. The van der Waals surface area contributed by atoms with E-state index in [0.29, 0.717) is 17.2 Å². The molecule has 1 aromatic heterocycles. The van der Waals surface area contributed by atoms with E-state index in [2.05, 4.69) is 71.4 Å². The standard InChI is InChI=1S/C15H28N4S2/c1-5-13-15(21-7-6-20-13)12(16-4)8-14-17-10-18-19(14)9-11(2)3/h10-13,15-16H,5-9H2,1-4H3. The molecule has 0 aromatic carbocycles. The van der Waals surface area contributed by atoms with Gasteiger partial charge in [-0.25, -0.2) is 9.67 Å². The molecule has 0 saturated carbocycles. The van der Waals surface area contributed by atoms with Crippen LogP contribution in [0.4, 0.5) is 0 Å². The van der Waals surface area contributed by atoms with Gasteiger partial charge in [-0.3, -0.25) is 0 Å². The summed E-state index contributed by atoms with van der Waals surface area (Å²) in [4.78, 5) is 4.50. The highest BCUT2D eigenvalue weighted by Crippen LogP contribution is 2.35. The Morgan fingerprint density at radius 2 is 2.14 bits per heavy atom. The summed E-state index contributed by atoms with van der Waals surface area (Å²) in [5.74, 6) is 4.28. The second kappa shape index (κ2) is 8.44. The minimum Gasteiger partial charge on any atom is -0.315 e. The van der Waals surface area contributed by atoms with Crippen LogP contribution in [0.1, 0.15) is 33.0 Å². The van der Waals surface area contributed by atoms with Gasteiger partial charge in [-0.1, -0.05) is 20.8 Å². The largest absolute Gasteiger partial charge is 0.315 e. The molecule has 6 heteroatoms. The third-order valence-electron chi connectivity index (χ3n) is 3.90. The van der Waals surface area contributed by atoms with E-state index in [4.69, 9.17) is 0 Å². The van der Waals surface area contributed by atoms with Gasteiger partial charge < -0.3 is 5.32 Å². The summed E-state index contributed by atoms with van der Waals surface area (Å²) < 4.78 is 2.08. The molecule has 1 fully saturated rings. The zero-order valence-corrected chi connectivity index (χ0v) is 15.2. The highest BCUT2D eigenvalue weighted by atomic mass is 32.2. The fraction of sp³-hybridized carbons (Fsp3) is 0.867. The zero-order chi connectivity index (χ0) is 15.2. The Balaban J connectivity index is 2.06. The minimum absolute atomic E-state index is 0.475. The maximum atomic E-state index is 4.50. The predicted octanol–water partition coefficient (Wildman–Crippen LogP) is 2.69. The van der Waals surface area contributed by atoms with Crippen LogP contribution < -0.4 is 5.32 Å². The van der Waals surface area contributed by atoms with Crippen LogP contribution in [0.5, 0.6) is 0 Å². The second-order valence-electron chi connectivity index (χ2n) is 6.00. The molecule has 0 aliphatic carbocycles. The lowest BCUT2D eigenvalue weighted by Gasteiger charge is -2.35. The van der Waals surface area contributed by atoms with E-state index in [9.17, 15) is 0 Å². The summed E-state index contributed by atoms with van der Waals surface area (Å²) in [5.41, 5.74) is 0. The average molecular weight is 329 g/mol. The summed E-state index contributed by atoms with van der Waals surface area (Å²) in [6.07, 6.45) is 3.92. The van der Waals surface area contributed by atoms with Crippen LogP contribution in [0, 0.1) is 5.92 Å². The van der Waals surface area contributed by atoms with E-state index in [1.165, 1.54) is 17.9 Å². The van der Waals surface area contributed by atoms with Crippen molar-refractivity contribution in [3.8, 4) is 0 Å². The van der Waals surface area contributed by atoms with Crippen LogP contribution in [-0.4, -0.2) is 49.9 Å². The number of rotatable bonds is 7. The maximum Gasteiger partial charge on any atom is 0.138 e. The number of nitrogens with zero attached hydrogens (tertiary/aromatic N) is 3. The van der Waals surface area contributed by atoms with Gasteiger partial charge >= 0.3 is 0 Å². The summed E-state index contributed by atoms with van der Waals surface area (Å²) in [6.45, 7) is 7.71. The van der Waals surface area contributed by atoms with Crippen molar-refractivity contribution < 1.29 is 0 Å². The molecule has 2 heterocycles. The fourth-order valence-corrected chi connectivity index (χ4v) is 6.14. The third kappa shape index (κ3) is 4.63. The van der Waals surface area contributed by atoms with Gasteiger partial charge in [-0.05, 0) is 19.4 Å². The Hall–Kier alpha value is -0.200. The van der Waals surface area contributed by atoms with Crippen molar-refractivity contribution >= 4 is 23.5 Å². The summed E-state index contributed by atoms with van der Waals surface area (Å²) in [7, 11) is 2.08. The lowest BCUT2D eigenvalue weighted by molar-refractivity contribution is 0.441. The molecule has 1 aromatic rings. The number of nitrogens with one attached hydrogen (secondary N) is 1. The molecule has 1 saturated heterocycles. The molecule has 0 radical (unpaired) electrons. The van der Waals surface area contributed by atoms with Crippen LogP contribution in [-0.2, 0) is 13.0 Å². The molecular weight excluding hydrogens is 300 g/mol. The van der Waals surface area contributed by atoms with Crippen molar-refractivity contribution in [1.29, 1.82) is 0 Å². The van der Waals surface area contributed by atoms with E-state index >= 15 is 0 Å². The average Bonchev–Trinajstić information content (AvgIpc) is 2.91. The van der Waals surface area contributed by atoms with Gasteiger partial charge in [0.15, 0.2) is 0 Å². The monoisotopic (exact) mass is 328 g/mol. The molecule has 4 nitrogen and oxygen atoms in total. The van der Waals surface area contributed by atoms with Gasteiger partial charge in [0.25, 0.3) is 0 Å². The smallest absolute Gasteiger partial charge is 0.138 e. The van der Waals surface area contributed by atoms with Crippen molar-refractivity contribution in [3.05, 3.63) is 12.2 Å². The van der Waals surface area contributed by atoms with Crippen LogP contribution >= 0.6 is 23.5 Å². The second-order valence-corrected chi connectivity index (χ2v) is 8.64. The molecule has 21 heavy (non-hydrogen) atoms. The van der Waals surface area contributed by atoms with E-state index in [-0.39, 0.29) is 0 Å².